The molecule has 0 aliphatic carbocycles. The van der Waals surface area contributed by atoms with Crippen molar-refractivity contribution in [1.29, 1.82) is 0 Å². The highest BCUT2D eigenvalue weighted by Crippen LogP contribution is 2.07. The van der Waals surface area contributed by atoms with E-state index in [1.165, 1.54) is 0 Å². The van der Waals surface area contributed by atoms with Gasteiger partial charge in [0.2, 0.25) is 0 Å². The Morgan fingerprint density at radius 1 is 1.60 bits per heavy atom. The van der Waals surface area contributed by atoms with Crippen molar-refractivity contribution < 1.29 is 0 Å². The van der Waals surface area contributed by atoms with Crippen molar-refractivity contribution in [3.05, 3.63) is 21.9 Å². The average Bonchev–Trinajstić information content (AvgIpc) is 2.19. The van der Waals surface area contributed by atoms with Crippen LogP contribution in [0.5, 0.6) is 0 Å². The van der Waals surface area contributed by atoms with Crippen molar-refractivity contribution in [2.75, 3.05) is 19.4 Å². The number of anilines is 1. The Morgan fingerprint density at radius 2 is 2.33 bits per heavy atom. The lowest BCUT2D eigenvalue weighted by molar-refractivity contribution is 0.644. The number of nitrogens with zero attached hydrogens (tertiary/aromatic N) is 3. The van der Waals surface area contributed by atoms with Crippen LogP contribution < -0.4 is 5.32 Å². The van der Waals surface area contributed by atoms with E-state index in [4.69, 9.17) is 12.2 Å². The molecule has 0 atom stereocenters. The van der Waals surface area contributed by atoms with E-state index in [2.05, 4.69) is 37.9 Å². The second-order valence-corrected chi connectivity index (χ2v) is 4.63. The van der Waals surface area contributed by atoms with Crippen LogP contribution in [0.2, 0.25) is 0 Å². The van der Waals surface area contributed by atoms with E-state index in [0.717, 1.165) is 3.57 Å². The number of nitrogens with one attached hydrogen (secondary N) is 1. The largest absolute Gasteiger partial charge is 0.369 e. The van der Waals surface area contributed by atoms with Gasteiger partial charge in [-0.05, 0) is 46.9 Å². The lowest BCUT2D eigenvalue weighted by atomic mass is 10.5. The van der Waals surface area contributed by atoms with Gasteiger partial charge >= 0.3 is 0 Å². The molecule has 80 valence electrons. The van der Waals surface area contributed by atoms with Gasteiger partial charge in [-0.15, -0.1) is 0 Å². The second-order valence-electron chi connectivity index (χ2n) is 3.00. The maximum absolute atomic E-state index is 5.01. The van der Waals surface area contributed by atoms with Crippen molar-refractivity contribution in [1.82, 2.24) is 9.88 Å². The Hall–Kier alpha value is -0.760. The van der Waals surface area contributed by atoms with Crippen LogP contribution in [0.25, 0.3) is 0 Å². The molecule has 1 heterocycles. The van der Waals surface area contributed by atoms with Gasteiger partial charge in [-0.1, -0.05) is 0 Å². The lowest BCUT2D eigenvalue weighted by Gasteiger charge is -2.05. The summed E-state index contributed by atoms with van der Waals surface area (Å²) in [5.41, 5.74) is 0. The van der Waals surface area contributed by atoms with Crippen LogP contribution in [-0.4, -0.2) is 35.4 Å². The average molecular weight is 334 g/mol. The zero-order chi connectivity index (χ0) is 11.3. The molecular weight excluding hydrogens is 323 g/mol. The molecule has 6 heteroatoms. The predicted octanol–water partition coefficient (Wildman–Crippen LogP) is 1.97. The number of aliphatic imine (C=N–C) groups is 1. The zero-order valence-corrected chi connectivity index (χ0v) is 11.4. The van der Waals surface area contributed by atoms with Crippen LogP contribution >= 0.6 is 34.8 Å². The third-order valence-electron chi connectivity index (χ3n) is 1.37. The van der Waals surface area contributed by atoms with Crippen molar-refractivity contribution in [3.8, 4) is 0 Å². The summed E-state index contributed by atoms with van der Waals surface area (Å²) in [5.74, 6) is 0.705. The van der Waals surface area contributed by atoms with E-state index in [1.54, 1.807) is 12.5 Å². The maximum atomic E-state index is 5.01. The highest BCUT2D eigenvalue weighted by molar-refractivity contribution is 14.1. The highest BCUT2D eigenvalue weighted by atomic mass is 127. The van der Waals surface area contributed by atoms with Gasteiger partial charge < -0.3 is 10.2 Å². The molecule has 0 bridgehead atoms. The summed E-state index contributed by atoms with van der Waals surface area (Å²) in [4.78, 5) is 9.99. The van der Waals surface area contributed by atoms with E-state index >= 15 is 0 Å². The highest BCUT2D eigenvalue weighted by Gasteiger charge is 1.96. The fraction of sp³-hybridized carbons (Fsp3) is 0.222. The van der Waals surface area contributed by atoms with Crippen LogP contribution in [0.3, 0.4) is 0 Å². The van der Waals surface area contributed by atoms with Crippen LogP contribution in [0.4, 0.5) is 5.82 Å². The van der Waals surface area contributed by atoms with Crippen molar-refractivity contribution >= 4 is 52.1 Å². The van der Waals surface area contributed by atoms with Gasteiger partial charge in [-0.25, -0.2) is 9.98 Å². The number of hydrogen-bond donors (Lipinski definition) is 1. The topological polar surface area (TPSA) is 40.5 Å². The molecule has 0 saturated carbocycles. The van der Waals surface area contributed by atoms with Gasteiger partial charge in [0.1, 0.15) is 5.82 Å². The zero-order valence-electron chi connectivity index (χ0n) is 8.44. The van der Waals surface area contributed by atoms with Gasteiger partial charge in [0.15, 0.2) is 5.11 Å². The molecule has 4 nitrogen and oxygen atoms in total. The fourth-order valence-corrected chi connectivity index (χ4v) is 1.23. The molecule has 0 amide bonds. The molecule has 0 radical (unpaired) electrons. The molecule has 0 unspecified atom stereocenters. The molecule has 1 aromatic rings. The quantitative estimate of drug-likeness (QED) is 0.389. The molecule has 1 aromatic heterocycles. The number of halogens is 1. The maximum Gasteiger partial charge on any atom is 0.199 e. The van der Waals surface area contributed by atoms with Crippen molar-refractivity contribution in [3.63, 3.8) is 0 Å². The van der Waals surface area contributed by atoms with Gasteiger partial charge in [0.05, 0.1) is 6.34 Å². The van der Waals surface area contributed by atoms with E-state index < -0.39 is 0 Å². The van der Waals surface area contributed by atoms with E-state index in [1.807, 2.05) is 31.1 Å². The molecule has 0 aliphatic rings. The molecule has 0 aliphatic heterocycles. The summed E-state index contributed by atoms with van der Waals surface area (Å²) < 4.78 is 1.08. The predicted molar refractivity (Wildman–Crippen MR) is 75.4 cm³/mol. The summed E-state index contributed by atoms with van der Waals surface area (Å²) in [6.07, 6.45) is 3.41. The van der Waals surface area contributed by atoms with Crippen molar-refractivity contribution in [2.24, 2.45) is 4.99 Å². The minimum atomic E-state index is 0.400. The first-order valence-electron chi connectivity index (χ1n) is 4.21. The van der Waals surface area contributed by atoms with Crippen LogP contribution in [0.15, 0.2) is 23.3 Å². The SMILES string of the molecule is CN(C)/C=N/C(=S)Nc1ccc(I)cn1. The summed E-state index contributed by atoms with van der Waals surface area (Å²) in [6, 6.07) is 3.81. The Balaban J connectivity index is 2.55. The standard InChI is InChI=1S/C9H11IN4S/c1-14(2)6-12-9(15)13-8-4-3-7(10)5-11-8/h3-6H,1-2H3,(H,11,13,15)/b12-6+. The van der Waals surface area contributed by atoms with Gasteiger partial charge in [0.25, 0.3) is 0 Å². The summed E-state index contributed by atoms with van der Waals surface area (Å²) in [6.45, 7) is 0. The van der Waals surface area contributed by atoms with Gasteiger partial charge in [-0.3, -0.25) is 0 Å². The first-order chi connectivity index (χ1) is 7.08. The summed E-state index contributed by atoms with van der Waals surface area (Å²) >= 11 is 7.21. The number of rotatable bonds is 2. The molecule has 0 aromatic carbocycles. The molecule has 15 heavy (non-hydrogen) atoms. The second kappa shape index (κ2) is 5.96. The normalized spacial score (nSPS) is 10.3. The first-order valence-corrected chi connectivity index (χ1v) is 5.70. The molecule has 0 saturated heterocycles. The molecular formula is C9H11IN4S. The smallest absolute Gasteiger partial charge is 0.199 e. The molecule has 1 rings (SSSR count). The van der Waals surface area contributed by atoms with Crippen LogP contribution in [0.1, 0.15) is 0 Å². The minimum Gasteiger partial charge on any atom is -0.369 e. The van der Waals surface area contributed by atoms with Crippen LogP contribution in [-0.2, 0) is 0 Å². The monoisotopic (exact) mass is 334 g/mol. The van der Waals surface area contributed by atoms with E-state index in [9.17, 15) is 0 Å². The van der Waals surface area contributed by atoms with E-state index in [-0.39, 0.29) is 0 Å². The molecule has 0 spiro atoms. The molecule has 0 fully saturated rings. The third-order valence-corrected chi connectivity index (χ3v) is 2.21. The fourth-order valence-electron chi connectivity index (χ4n) is 0.760. The number of hydrogen-bond acceptors (Lipinski definition) is 2. The molecule has 1 N–H and O–H groups in total. The Labute approximate surface area is 108 Å². The number of aromatic nitrogens is 1. The first kappa shape index (κ1) is 12.3. The van der Waals surface area contributed by atoms with Crippen LogP contribution in [0, 0.1) is 3.57 Å². The third kappa shape index (κ3) is 5.03. The minimum absolute atomic E-state index is 0.400. The summed E-state index contributed by atoms with van der Waals surface area (Å²) in [5, 5.41) is 3.32. The summed E-state index contributed by atoms with van der Waals surface area (Å²) in [7, 11) is 3.77. The Morgan fingerprint density at radius 3 is 2.87 bits per heavy atom. The van der Waals surface area contributed by atoms with Gasteiger partial charge in [-0.2, -0.15) is 0 Å². The Kier molecular flexibility index (Phi) is 4.89. The number of pyridine rings is 1. The number of thiocarbonyl (C=S) groups is 1. The van der Waals surface area contributed by atoms with Crippen molar-refractivity contribution in [2.45, 2.75) is 0 Å². The van der Waals surface area contributed by atoms with E-state index in [0.29, 0.717) is 10.9 Å². The Bertz CT molecular complexity index is 361. The van der Waals surface area contributed by atoms with Gasteiger partial charge in [0, 0.05) is 23.9 Å². The lowest BCUT2D eigenvalue weighted by Crippen LogP contribution is -2.13.